The summed E-state index contributed by atoms with van der Waals surface area (Å²) in [5.74, 6) is 0.918. The van der Waals surface area contributed by atoms with Crippen LogP contribution < -0.4 is 4.57 Å². The van der Waals surface area contributed by atoms with Crippen molar-refractivity contribution in [2.45, 2.75) is 19.3 Å². The second-order valence-electron chi connectivity index (χ2n) is 12.1. The van der Waals surface area contributed by atoms with Crippen molar-refractivity contribution in [3.63, 3.8) is 0 Å². The van der Waals surface area contributed by atoms with Gasteiger partial charge in [0.05, 0.1) is 18.1 Å². The first kappa shape index (κ1) is 26.2. The lowest BCUT2D eigenvalue weighted by atomic mass is 9.77. The van der Waals surface area contributed by atoms with Gasteiger partial charge in [-0.05, 0) is 70.8 Å². The molecule has 0 fully saturated rings. The van der Waals surface area contributed by atoms with Crippen molar-refractivity contribution in [1.29, 1.82) is 0 Å². The number of fused-ring (bicyclic) bond motifs is 4. The van der Waals surface area contributed by atoms with Crippen LogP contribution in [0.15, 0.2) is 146 Å². The van der Waals surface area contributed by atoms with Crippen LogP contribution in [0.1, 0.15) is 25.0 Å². The molecule has 0 bridgehead atoms. The van der Waals surface area contributed by atoms with Crippen LogP contribution >= 0.6 is 0 Å². The summed E-state index contributed by atoms with van der Waals surface area (Å²) < 4.78 is 6.78. The fraction of sp³-hybridized carbons (Fsp3) is 0.100. The third kappa shape index (κ3) is 4.14. The Morgan fingerprint density at radius 2 is 1.32 bits per heavy atom. The van der Waals surface area contributed by atoms with Crippen LogP contribution in [0.2, 0.25) is 0 Å². The highest BCUT2D eigenvalue weighted by molar-refractivity contribution is 6.09. The number of pyridine rings is 1. The number of rotatable bonds is 5. The number of hydrogen-bond acceptors (Lipinski definition) is 1. The summed E-state index contributed by atoms with van der Waals surface area (Å²) in [4.78, 5) is 4.89. The number of aromatic nitrogens is 4. The molecule has 3 aromatic heterocycles. The van der Waals surface area contributed by atoms with Crippen molar-refractivity contribution in [3.8, 4) is 22.6 Å². The number of nitrogens with zero attached hydrogens (tertiary/aromatic N) is 4. The summed E-state index contributed by atoms with van der Waals surface area (Å²) in [5, 5.41) is 2.46. The van der Waals surface area contributed by atoms with E-state index in [9.17, 15) is 0 Å². The second kappa shape index (κ2) is 10.1. The molecule has 0 unspecified atom stereocenters. The predicted octanol–water partition coefficient (Wildman–Crippen LogP) is 8.94. The van der Waals surface area contributed by atoms with Gasteiger partial charge in [0.1, 0.15) is 11.5 Å². The second-order valence-corrected chi connectivity index (χ2v) is 12.1. The quantitative estimate of drug-likeness (QED) is 0.190. The van der Waals surface area contributed by atoms with Gasteiger partial charge in [-0.2, -0.15) is 4.57 Å². The van der Waals surface area contributed by atoms with Gasteiger partial charge < -0.3 is 0 Å². The summed E-state index contributed by atoms with van der Waals surface area (Å²) in [7, 11) is 2.10. The largest absolute Gasteiger partial charge is 0.294 e. The summed E-state index contributed by atoms with van der Waals surface area (Å²) >= 11 is 0. The summed E-state index contributed by atoms with van der Waals surface area (Å²) in [5.41, 5.74) is 10.5. The van der Waals surface area contributed by atoms with Crippen LogP contribution in [0.25, 0.3) is 55.5 Å². The van der Waals surface area contributed by atoms with Crippen LogP contribution in [0, 0.1) is 0 Å². The van der Waals surface area contributed by atoms with Gasteiger partial charge in [-0.25, -0.2) is 9.55 Å². The average Bonchev–Trinajstić information content (AvgIpc) is 3.59. The molecule has 8 aromatic rings. The van der Waals surface area contributed by atoms with E-state index < -0.39 is 0 Å². The molecule has 0 amide bonds. The molecular formula is C40H33N4+. The van der Waals surface area contributed by atoms with Crippen molar-refractivity contribution in [1.82, 2.24) is 14.1 Å². The summed E-state index contributed by atoms with van der Waals surface area (Å²) in [6.45, 7) is 4.64. The lowest BCUT2D eigenvalue weighted by Crippen LogP contribution is -2.25. The third-order valence-electron chi connectivity index (χ3n) is 9.13. The Morgan fingerprint density at radius 3 is 2.18 bits per heavy atom. The normalized spacial score (nSPS) is 12.0. The van der Waals surface area contributed by atoms with Crippen LogP contribution in [0.5, 0.6) is 0 Å². The Bertz CT molecular complexity index is 2320. The van der Waals surface area contributed by atoms with E-state index >= 15 is 0 Å². The highest BCUT2D eigenvalue weighted by Gasteiger charge is 2.26. The molecule has 0 saturated heterocycles. The first-order valence-corrected chi connectivity index (χ1v) is 15.1. The van der Waals surface area contributed by atoms with Gasteiger partial charge in [0, 0.05) is 22.4 Å². The SMILES string of the molecule is C[n+]1cn(-c2cccc(C(C)(C)c3ccc4c5ccccc5n(-c5cc(-c6ccccc6)ccn5)c4c3)c2)c2ccccc21. The lowest BCUT2D eigenvalue weighted by molar-refractivity contribution is -0.645. The smallest absolute Gasteiger partial charge is 0.249 e. The zero-order valence-electron chi connectivity index (χ0n) is 25.1. The van der Waals surface area contributed by atoms with Crippen molar-refractivity contribution < 1.29 is 4.57 Å². The lowest BCUT2D eigenvalue weighted by Gasteiger charge is -2.26. The predicted molar refractivity (Wildman–Crippen MR) is 181 cm³/mol. The fourth-order valence-corrected chi connectivity index (χ4v) is 6.64. The van der Waals surface area contributed by atoms with E-state index in [1.165, 1.54) is 38.5 Å². The maximum absolute atomic E-state index is 4.89. The monoisotopic (exact) mass is 569 g/mol. The van der Waals surface area contributed by atoms with Gasteiger partial charge in [0.15, 0.2) is 11.0 Å². The molecule has 3 heterocycles. The highest BCUT2D eigenvalue weighted by Crippen LogP contribution is 2.38. The van der Waals surface area contributed by atoms with Crippen LogP contribution in [0.3, 0.4) is 0 Å². The van der Waals surface area contributed by atoms with Crippen molar-refractivity contribution in [2.24, 2.45) is 7.05 Å². The number of hydrogen-bond donors (Lipinski definition) is 0. The minimum Gasteiger partial charge on any atom is -0.294 e. The first-order chi connectivity index (χ1) is 21.5. The molecule has 0 N–H and O–H groups in total. The molecule has 4 heteroatoms. The van der Waals surface area contributed by atoms with Crippen LogP contribution in [0.4, 0.5) is 0 Å². The van der Waals surface area contributed by atoms with Gasteiger partial charge in [-0.3, -0.25) is 4.57 Å². The fourth-order valence-electron chi connectivity index (χ4n) is 6.64. The van der Waals surface area contributed by atoms with Crippen molar-refractivity contribution in [2.75, 3.05) is 0 Å². The Kier molecular flexibility index (Phi) is 5.98. The number of benzene rings is 5. The molecule has 0 spiro atoms. The van der Waals surface area contributed by atoms with E-state index in [-0.39, 0.29) is 5.41 Å². The van der Waals surface area contributed by atoms with E-state index in [4.69, 9.17) is 4.98 Å². The number of para-hydroxylation sites is 3. The minimum absolute atomic E-state index is 0.240. The van der Waals surface area contributed by atoms with Crippen molar-refractivity contribution >= 4 is 32.8 Å². The average molecular weight is 570 g/mol. The molecule has 0 radical (unpaired) electrons. The molecule has 0 aliphatic carbocycles. The van der Waals surface area contributed by atoms with Gasteiger partial charge in [0.25, 0.3) is 0 Å². The molecule has 0 atom stereocenters. The number of aryl methyl sites for hydroxylation is 1. The molecule has 44 heavy (non-hydrogen) atoms. The summed E-state index contributed by atoms with van der Waals surface area (Å²) in [6, 6.07) is 47.9. The van der Waals surface area contributed by atoms with Crippen LogP contribution in [-0.4, -0.2) is 14.1 Å². The molecule has 5 aromatic carbocycles. The topological polar surface area (TPSA) is 26.6 Å². The Hall–Kier alpha value is -5.48. The molecule has 0 aliphatic heterocycles. The standard InChI is InChI=1S/C40H33N4/c1-40(2,30-14-11-15-32(25-30)43-27-42(3)36-18-9-10-19-37(36)43)31-20-21-34-33-16-7-8-17-35(33)44(38(34)26-31)39-24-29(22-23-41-39)28-12-5-4-6-13-28/h4-27H,1-3H3/q+1. The van der Waals surface area contributed by atoms with E-state index in [2.05, 4.69) is 174 Å². The molecular weight excluding hydrogens is 536 g/mol. The molecule has 8 rings (SSSR count). The van der Waals surface area contributed by atoms with Gasteiger partial charge in [0.2, 0.25) is 6.33 Å². The zero-order valence-corrected chi connectivity index (χ0v) is 25.1. The van der Waals surface area contributed by atoms with E-state index in [1.807, 2.05) is 6.20 Å². The maximum atomic E-state index is 4.89. The van der Waals surface area contributed by atoms with E-state index in [1.54, 1.807) is 0 Å². The Labute approximate surface area is 257 Å². The van der Waals surface area contributed by atoms with Gasteiger partial charge in [-0.15, -0.1) is 0 Å². The third-order valence-corrected chi connectivity index (χ3v) is 9.13. The Balaban J connectivity index is 1.28. The van der Waals surface area contributed by atoms with Crippen LogP contribution in [-0.2, 0) is 12.5 Å². The molecule has 4 nitrogen and oxygen atoms in total. The minimum atomic E-state index is -0.240. The molecule has 212 valence electrons. The van der Waals surface area contributed by atoms with E-state index in [0.717, 1.165) is 28.1 Å². The highest BCUT2D eigenvalue weighted by atomic mass is 15.1. The van der Waals surface area contributed by atoms with Crippen molar-refractivity contribution in [3.05, 3.63) is 157 Å². The van der Waals surface area contributed by atoms with Gasteiger partial charge >= 0.3 is 0 Å². The zero-order chi connectivity index (χ0) is 29.8. The molecule has 0 saturated carbocycles. The number of imidazole rings is 1. The maximum Gasteiger partial charge on any atom is 0.249 e. The van der Waals surface area contributed by atoms with Gasteiger partial charge in [-0.1, -0.05) is 98.8 Å². The summed E-state index contributed by atoms with van der Waals surface area (Å²) in [6.07, 6.45) is 4.08. The molecule has 0 aliphatic rings. The van der Waals surface area contributed by atoms with E-state index in [0.29, 0.717) is 0 Å². The Morgan fingerprint density at radius 1 is 0.591 bits per heavy atom. The first-order valence-electron chi connectivity index (χ1n) is 15.1.